The van der Waals surface area contributed by atoms with Crippen molar-refractivity contribution in [1.29, 1.82) is 0 Å². The van der Waals surface area contributed by atoms with E-state index in [1.165, 1.54) is 11.8 Å². The van der Waals surface area contributed by atoms with Gasteiger partial charge in [-0.3, -0.25) is 4.79 Å². The third-order valence-corrected chi connectivity index (χ3v) is 4.69. The Morgan fingerprint density at radius 3 is 2.79 bits per heavy atom. The number of thioether (sulfide) groups is 1. The van der Waals surface area contributed by atoms with E-state index in [0.717, 1.165) is 24.2 Å². The van der Waals surface area contributed by atoms with Gasteiger partial charge in [-0.2, -0.15) is 0 Å². The molecule has 1 aromatic carbocycles. The highest BCUT2D eigenvalue weighted by Gasteiger charge is 2.27. The zero-order valence-corrected chi connectivity index (χ0v) is 12.2. The average molecular weight is 300 g/mol. The lowest BCUT2D eigenvalue weighted by molar-refractivity contribution is -0.119. The van der Waals surface area contributed by atoms with Gasteiger partial charge in [0.25, 0.3) is 0 Å². The van der Waals surface area contributed by atoms with Crippen LogP contribution in [0.3, 0.4) is 0 Å². The van der Waals surface area contributed by atoms with Crippen molar-refractivity contribution >= 4 is 29.3 Å². The maximum Gasteiger partial charge on any atom is 0.230 e. The van der Waals surface area contributed by atoms with E-state index in [1.54, 1.807) is 0 Å². The van der Waals surface area contributed by atoms with Crippen molar-refractivity contribution in [3.05, 3.63) is 29.3 Å². The number of carbonyl (C=O) groups excluding carboxylic acids is 1. The first kappa shape index (κ1) is 14.7. The van der Waals surface area contributed by atoms with E-state index in [1.807, 2.05) is 24.3 Å². The van der Waals surface area contributed by atoms with E-state index in [0.29, 0.717) is 10.8 Å². The molecule has 5 heteroatoms. The van der Waals surface area contributed by atoms with Crippen LogP contribution in [0, 0.1) is 5.92 Å². The molecular formula is C14H18ClNO2S. The van der Waals surface area contributed by atoms with E-state index in [9.17, 15) is 9.90 Å². The molecule has 0 aliphatic heterocycles. The summed E-state index contributed by atoms with van der Waals surface area (Å²) in [5, 5.41) is 12.9. The fourth-order valence-electron chi connectivity index (χ4n) is 2.37. The summed E-state index contributed by atoms with van der Waals surface area (Å²) in [7, 11) is 0. The van der Waals surface area contributed by atoms with E-state index in [4.69, 9.17) is 11.6 Å². The van der Waals surface area contributed by atoms with Gasteiger partial charge in [-0.1, -0.05) is 18.0 Å². The number of amides is 1. The van der Waals surface area contributed by atoms with E-state index >= 15 is 0 Å². The lowest BCUT2D eigenvalue weighted by atomic mass is 10.1. The van der Waals surface area contributed by atoms with E-state index in [2.05, 4.69) is 5.32 Å². The van der Waals surface area contributed by atoms with Gasteiger partial charge in [-0.25, -0.2) is 0 Å². The summed E-state index contributed by atoms with van der Waals surface area (Å²) in [6.45, 7) is 0.162. The molecule has 2 unspecified atom stereocenters. The Labute approximate surface area is 122 Å². The molecule has 19 heavy (non-hydrogen) atoms. The van der Waals surface area contributed by atoms with Crippen molar-refractivity contribution < 1.29 is 9.90 Å². The Hall–Kier alpha value is -0.710. The maximum absolute atomic E-state index is 11.9. The Balaban J connectivity index is 1.77. The number of halogens is 1. The van der Waals surface area contributed by atoms with Gasteiger partial charge < -0.3 is 10.4 Å². The number of rotatable bonds is 5. The molecule has 1 saturated carbocycles. The standard InChI is InChI=1S/C14H18ClNO2S/c15-11-4-6-12(7-5-11)19-9-14(18)16-13-3-1-2-10(13)8-17/h4-7,10,13,17H,1-3,8-9H2,(H,16,18). The molecule has 2 N–H and O–H groups in total. The van der Waals surface area contributed by atoms with Gasteiger partial charge in [0.1, 0.15) is 0 Å². The van der Waals surface area contributed by atoms with Gasteiger partial charge in [0.2, 0.25) is 5.91 Å². The molecule has 0 aromatic heterocycles. The molecule has 0 heterocycles. The smallest absolute Gasteiger partial charge is 0.230 e. The number of hydrogen-bond acceptors (Lipinski definition) is 3. The molecule has 1 aliphatic rings. The monoisotopic (exact) mass is 299 g/mol. The second-order valence-corrected chi connectivity index (χ2v) is 6.28. The largest absolute Gasteiger partial charge is 0.396 e. The van der Waals surface area contributed by atoms with Gasteiger partial charge in [0, 0.05) is 28.5 Å². The lowest BCUT2D eigenvalue weighted by Gasteiger charge is -2.18. The number of aliphatic hydroxyl groups is 1. The topological polar surface area (TPSA) is 49.3 Å². The lowest BCUT2D eigenvalue weighted by Crippen LogP contribution is -2.39. The summed E-state index contributed by atoms with van der Waals surface area (Å²) in [4.78, 5) is 12.9. The second-order valence-electron chi connectivity index (χ2n) is 4.79. The number of benzene rings is 1. The predicted octanol–water partition coefficient (Wildman–Crippen LogP) is 2.71. The van der Waals surface area contributed by atoms with Gasteiger partial charge in [-0.15, -0.1) is 11.8 Å². The molecule has 0 saturated heterocycles. The fourth-order valence-corrected chi connectivity index (χ4v) is 3.21. The summed E-state index contributed by atoms with van der Waals surface area (Å²) < 4.78 is 0. The minimum absolute atomic E-state index is 0.0327. The van der Waals surface area contributed by atoms with Gasteiger partial charge in [0.05, 0.1) is 5.75 Å². The first-order valence-electron chi connectivity index (χ1n) is 6.47. The summed E-state index contributed by atoms with van der Waals surface area (Å²) in [5.41, 5.74) is 0. The predicted molar refractivity (Wildman–Crippen MR) is 78.5 cm³/mol. The van der Waals surface area contributed by atoms with Crippen LogP contribution in [0.1, 0.15) is 19.3 Å². The molecule has 2 atom stereocenters. The van der Waals surface area contributed by atoms with Gasteiger partial charge in [0.15, 0.2) is 0 Å². The Morgan fingerprint density at radius 1 is 1.37 bits per heavy atom. The van der Waals surface area contributed by atoms with Crippen molar-refractivity contribution in [3.63, 3.8) is 0 Å². The highest BCUT2D eigenvalue weighted by Crippen LogP contribution is 2.25. The highest BCUT2D eigenvalue weighted by atomic mass is 35.5. The van der Waals surface area contributed by atoms with Crippen molar-refractivity contribution in [2.45, 2.75) is 30.2 Å². The van der Waals surface area contributed by atoms with Crippen LogP contribution < -0.4 is 5.32 Å². The van der Waals surface area contributed by atoms with Crippen LogP contribution in [0.25, 0.3) is 0 Å². The minimum atomic E-state index is 0.0327. The number of nitrogens with one attached hydrogen (secondary N) is 1. The minimum Gasteiger partial charge on any atom is -0.396 e. The van der Waals surface area contributed by atoms with Crippen LogP contribution in [-0.4, -0.2) is 29.4 Å². The van der Waals surface area contributed by atoms with Crippen LogP contribution in [0.15, 0.2) is 29.2 Å². The third-order valence-electron chi connectivity index (χ3n) is 3.42. The van der Waals surface area contributed by atoms with Crippen LogP contribution >= 0.6 is 23.4 Å². The Kier molecular flexibility index (Phi) is 5.55. The quantitative estimate of drug-likeness (QED) is 0.822. The van der Waals surface area contributed by atoms with Crippen LogP contribution in [0.4, 0.5) is 0 Å². The van der Waals surface area contributed by atoms with Crippen molar-refractivity contribution in [2.75, 3.05) is 12.4 Å². The SMILES string of the molecule is O=C(CSc1ccc(Cl)cc1)NC1CCCC1CO. The van der Waals surface area contributed by atoms with E-state index in [-0.39, 0.29) is 24.5 Å². The summed E-state index contributed by atoms with van der Waals surface area (Å²) in [6, 6.07) is 7.60. The molecular weight excluding hydrogens is 282 g/mol. The Bertz CT molecular complexity index is 424. The zero-order valence-electron chi connectivity index (χ0n) is 10.6. The molecule has 0 bridgehead atoms. The average Bonchev–Trinajstić information content (AvgIpc) is 2.85. The highest BCUT2D eigenvalue weighted by molar-refractivity contribution is 8.00. The van der Waals surface area contributed by atoms with E-state index < -0.39 is 0 Å². The molecule has 1 aliphatic carbocycles. The Morgan fingerprint density at radius 2 is 2.11 bits per heavy atom. The van der Waals surface area contributed by atoms with Crippen molar-refractivity contribution in [3.8, 4) is 0 Å². The van der Waals surface area contributed by atoms with Crippen LogP contribution in [0.2, 0.25) is 5.02 Å². The number of aliphatic hydroxyl groups excluding tert-OH is 1. The molecule has 104 valence electrons. The molecule has 2 rings (SSSR count). The molecule has 3 nitrogen and oxygen atoms in total. The normalized spacial score (nSPS) is 22.4. The van der Waals surface area contributed by atoms with Crippen molar-refractivity contribution in [1.82, 2.24) is 5.32 Å². The first-order chi connectivity index (χ1) is 9.19. The second kappa shape index (κ2) is 7.17. The molecule has 1 aromatic rings. The molecule has 0 spiro atoms. The zero-order chi connectivity index (χ0) is 13.7. The summed E-state index contributed by atoms with van der Waals surface area (Å²) in [5.74, 6) is 0.658. The third kappa shape index (κ3) is 4.41. The number of hydrogen-bond donors (Lipinski definition) is 2. The maximum atomic E-state index is 11.9. The summed E-state index contributed by atoms with van der Waals surface area (Å²) >= 11 is 7.30. The van der Waals surface area contributed by atoms with Crippen LogP contribution in [0.5, 0.6) is 0 Å². The molecule has 0 radical (unpaired) electrons. The van der Waals surface area contributed by atoms with Gasteiger partial charge in [-0.05, 0) is 37.1 Å². The van der Waals surface area contributed by atoms with Crippen LogP contribution in [-0.2, 0) is 4.79 Å². The number of carbonyl (C=O) groups is 1. The first-order valence-corrected chi connectivity index (χ1v) is 7.84. The van der Waals surface area contributed by atoms with Crippen molar-refractivity contribution in [2.24, 2.45) is 5.92 Å². The van der Waals surface area contributed by atoms with Gasteiger partial charge >= 0.3 is 0 Å². The fraction of sp³-hybridized carbons (Fsp3) is 0.500. The molecule has 1 amide bonds. The summed E-state index contributed by atoms with van der Waals surface area (Å²) in [6.07, 6.45) is 3.06. The molecule has 1 fully saturated rings.